The Hall–Kier alpha value is -2.26. The van der Waals surface area contributed by atoms with Gasteiger partial charge in [0.25, 0.3) is 0 Å². The fourth-order valence-corrected chi connectivity index (χ4v) is 2.14. The van der Waals surface area contributed by atoms with Crippen molar-refractivity contribution >= 4 is 5.57 Å². The molecular weight excluding hydrogens is 264 g/mol. The highest BCUT2D eigenvalue weighted by Crippen LogP contribution is 2.28. The third-order valence-corrected chi connectivity index (χ3v) is 3.42. The molecule has 0 heterocycles. The number of ether oxygens (including phenoxy) is 2. The maximum absolute atomic E-state index is 10.3. The molecule has 0 aromatic heterocycles. The van der Waals surface area contributed by atoms with E-state index in [2.05, 4.69) is 6.58 Å². The van der Waals surface area contributed by atoms with E-state index in [-0.39, 0.29) is 0 Å². The van der Waals surface area contributed by atoms with Gasteiger partial charge in [0, 0.05) is 6.42 Å². The molecule has 1 atom stereocenters. The summed E-state index contributed by atoms with van der Waals surface area (Å²) in [5, 5.41) is 10.3. The maximum Gasteiger partial charge on any atom is 0.119 e. The minimum Gasteiger partial charge on any atom is -0.497 e. The highest BCUT2D eigenvalue weighted by molar-refractivity contribution is 5.65. The van der Waals surface area contributed by atoms with Crippen LogP contribution in [0.5, 0.6) is 11.5 Å². The molecule has 0 aliphatic heterocycles. The topological polar surface area (TPSA) is 38.7 Å². The molecule has 3 heteroatoms. The molecule has 0 aliphatic rings. The summed E-state index contributed by atoms with van der Waals surface area (Å²) < 4.78 is 10.3. The van der Waals surface area contributed by atoms with Crippen molar-refractivity contribution in [2.45, 2.75) is 12.5 Å². The van der Waals surface area contributed by atoms with Crippen LogP contribution in [0, 0.1) is 0 Å². The van der Waals surface area contributed by atoms with Crippen LogP contribution in [0.3, 0.4) is 0 Å². The van der Waals surface area contributed by atoms with Crippen LogP contribution in [0.4, 0.5) is 0 Å². The molecule has 3 nitrogen and oxygen atoms in total. The zero-order chi connectivity index (χ0) is 15.2. The van der Waals surface area contributed by atoms with E-state index in [9.17, 15) is 5.11 Å². The van der Waals surface area contributed by atoms with Gasteiger partial charge in [0.2, 0.25) is 0 Å². The molecule has 110 valence electrons. The second kappa shape index (κ2) is 6.95. The van der Waals surface area contributed by atoms with Crippen molar-refractivity contribution in [2.75, 3.05) is 14.2 Å². The van der Waals surface area contributed by atoms with Gasteiger partial charge in [-0.1, -0.05) is 30.8 Å². The minimum atomic E-state index is -0.588. The Morgan fingerprint density at radius 2 is 1.71 bits per heavy atom. The Balaban J connectivity index is 2.06. The zero-order valence-electron chi connectivity index (χ0n) is 12.4. The summed E-state index contributed by atoms with van der Waals surface area (Å²) in [6.07, 6.45) is -0.117. The molecule has 0 bridgehead atoms. The molecule has 1 N–H and O–H groups in total. The van der Waals surface area contributed by atoms with Gasteiger partial charge in [-0.05, 0) is 41.0 Å². The number of hydrogen-bond acceptors (Lipinski definition) is 3. The first-order valence-electron chi connectivity index (χ1n) is 6.78. The van der Waals surface area contributed by atoms with E-state index < -0.39 is 6.10 Å². The Morgan fingerprint density at radius 1 is 1.05 bits per heavy atom. The van der Waals surface area contributed by atoms with Crippen LogP contribution < -0.4 is 9.47 Å². The number of hydrogen-bond donors (Lipinski definition) is 1. The third-order valence-electron chi connectivity index (χ3n) is 3.42. The molecule has 21 heavy (non-hydrogen) atoms. The van der Waals surface area contributed by atoms with E-state index in [4.69, 9.17) is 9.47 Å². The van der Waals surface area contributed by atoms with Crippen LogP contribution in [0.2, 0.25) is 0 Å². The van der Waals surface area contributed by atoms with E-state index >= 15 is 0 Å². The summed E-state index contributed by atoms with van der Waals surface area (Å²) in [7, 11) is 3.25. The second-order valence-electron chi connectivity index (χ2n) is 4.83. The average Bonchev–Trinajstić information content (AvgIpc) is 2.54. The van der Waals surface area contributed by atoms with Crippen molar-refractivity contribution < 1.29 is 14.6 Å². The number of rotatable bonds is 6. The van der Waals surface area contributed by atoms with Crippen molar-refractivity contribution in [3.05, 3.63) is 66.2 Å². The molecule has 0 amide bonds. The van der Waals surface area contributed by atoms with E-state index in [1.54, 1.807) is 14.2 Å². The van der Waals surface area contributed by atoms with Gasteiger partial charge in [0.15, 0.2) is 0 Å². The molecular formula is C18H20O3. The third kappa shape index (κ3) is 3.86. The van der Waals surface area contributed by atoms with Gasteiger partial charge in [0.1, 0.15) is 11.5 Å². The molecule has 2 aromatic rings. The highest BCUT2D eigenvalue weighted by Gasteiger charge is 2.11. The molecule has 0 saturated carbocycles. The van der Waals surface area contributed by atoms with E-state index in [0.717, 1.165) is 28.2 Å². The van der Waals surface area contributed by atoms with Crippen LogP contribution in [-0.4, -0.2) is 19.3 Å². The van der Waals surface area contributed by atoms with Gasteiger partial charge in [0.05, 0.1) is 20.3 Å². The number of methoxy groups -OCH3 is 2. The summed E-state index contributed by atoms with van der Waals surface area (Å²) in [5.41, 5.74) is 2.69. The van der Waals surface area contributed by atoms with E-state index in [0.29, 0.717) is 6.42 Å². The predicted octanol–water partition coefficient (Wildman–Crippen LogP) is 3.84. The molecule has 0 aliphatic carbocycles. The Morgan fingerprint density at radius 3 is 2.33 bits per heavy atom. The van der Waals surface area contributed by atoms with Gasteiger partial charge in [-0.15, -0.1) is 0 Å². The van der Waals surface area contributed by atoms with E-state index in [1.165, 1.54) is 0 Å². The minimum absolute atomic E-state index is 0.472. The quantitative estimate of drug-likeness (QED) is 0.876. The fourth-order valence-electron chi connectivity index (χ4n) is 2.14. The normalized spacial score (nSPS) is 11.8. The summed E-state index contributed by atoms with van der Waals surface area (Å²) >= 11 is 0. The van der Waals surface area contributed by atoms with Gasteiger partial charge in [-0.25, -0.2) is 0 Å². The zero-order valence-corrected chi connectivity index (χ0v) is 12.4. The van der Waals surface area contributed by atoms with Crippen LogP contribution in [0.25, 0.3) is 5.57 Å². The lowest BCUT2D eigenvalue weighted by atomic mass is 9.97. The van der Waals surface area contributed by atoms with Crippen molar-refractivity contribution in [3.63, 3.8) is 0 Å². The number of benzene rings is 2. The first-order chi connectivity index (χ1) is 10.1. The van der Waals surface area contributed by atoms with Crippen molar-refractivity contribution in [2.24, 2.45) is 0 Å². The first-order valence-corrected chi connectivity index (χ1v) is 6.78. The lowest BCUT2D eigenvalue weighted by Crippen LogP contribution is -1.99. The molecule has 0 radical (unpaired) electrons. The number of aliphatic hydroxyl groups is 1. The molecule has 2 rings (SSSR count). The largest absolute Gasteiger partial charge is 0.497 e. The molecule has 0 fully saturated rings. The molecule has 2 aromatic carbocycles. The summed E-state index contributed by atoms with van der Waals surface area (Å²) in [6.45, 7) is 4.06. The standard InChI is InChI=1S/C18H20O3/c1-13(15-5-4-6-17(12-15)21-3)11-18(19)14-7-9-16(20-2)10-8-14/h4-10,12,18-19H,1,11H2,2-3H3. The average molecular weight is 284 g/mol. The molecule has 1 unspecified atom stereocenters. The first kappa shape index (κ1) is 15.1. The highest BCUT2D eigenvalue weighted by atomic mass is 16.5. The fraction of sp³-hybridized carbons (Fsp3) is 0.222. The van der Waals surface area contributed by atoms with Crippen molar-refractivity contribution in [3.8, 4) is 11.5 Å². The summed E-state index contributed by atoms with van der Waals surface area (Å²) in [5.74, 6) is 1.56. The summed E-state index contributed by atoms with van der Waals surface area (Å²) in [4.78, 5) is 0. The molecule has 0 spiro atoms. The predicted molar refractivity (Wildman–Crippen MR) is 84.6 cm³/mol. The maximum atomic E-state index is 10.3. The van der Waals surface area contributed by atoms with Gasteiger partial charge >= 0.3 is 0 Å². The Labute approximate surface area is 125 Å². The van der Waals surface area contributed by atoms with Gasteiger partial charge in [-0.2, -0.15) is 0 Å². The van der Waals surface area contributed by atoms with Crippen LogP contribution in [0.15, 0.2) is 55.1 Å². The Kier molecular flexibility index (Phi) is 5.01. The van der Waals surface area contributed by atoms with Gasteiger partial charge < -0.3 is 14.6 Å². The van der Waals surface area contributed by atoms with E-state index in [1.807, 2.05) is 48.5 Å². The Bertz CT molecular complexity index is 602. The van der Waals surface area contributed by atoms with Crippen LogP contribution in [0.1, 0.15) is 23.7 Å². The van der Waals surface area contributed by atoms with Crippen molar-refractivity contribution in [1.29, 1.82) is 0 Å². The monoisotopic (exact) mass is 284 g/mol. The van der Waals surface area contributed by atoms with Crippen molar-refractivity contribution in [1.82, 2.24) is 0 Å². The molecule has 0 saturated heterocycles. The lowest BCUT2D eigenvalue weighted by molar-refractivity contribution is 0.184. The SMILES string of the molecule is C=C(CC(O)c1ccc(OC)cc1)c1cccc(OC)c1. The second-order valence-corrected chi connectivity index (χ2v) is 4.83. The smallest absolute Gasteiger partial charge is 0.119 e. The lowest BCUT2D eigenvalue weighted by Gasteiger charge is -2.14. The number of aliphatic hydroxyl groups excluding tert-OH is 1. The van der Waals surface area contributed by atoms with Crippen LogP contribution in [-0.2, 0) is 0 Å². The summed E-state index contributed by atoms with van der Waals surface area (Å²) in [6, 6.07) is 15.1. The van der Waals surface area contributed by atoms with Gasteiger partial charge in [-0.3, -0.25) is 0 Å². The van der Waals surface area contributed by atoms with Crippen LogP contribution >= 0.6 is 0 Å².